The Kier molecular flexibility index (Phi) is 2.41. The van der Waals surface area contributed by atoms with Gasteiger partial charge in [0.1, 0.15) is 17.2 Å². The first-order valence-electron chi connectivity index (χ1n) is 5.29. The van der Waals surface area contributed by atoms with Gasteiger partial charge in [-0.25, -0.2) is 4.39 Å². The number of nitrogens with two attached hydrogens (primary N) is 1. The van der Waals surface area contributed by atoms with E-state index in [1.807, 2.05) is 0 Å². The number of halogens is 1. The molecule has 4 nitrogen and oxygen atoms in total. The summed E-state index contributed by atoms with van der Waals surface area (Å²) in [6.45, 7) is 3.72. The van der Waals surface area contributed by atoms with E-state index in [4.69, 9.17) is 11.1 Å². The van der Waals surface area contributed by atoms with Crippen LogP contribution in [0.5, 0.6) is 0 Å². The van der Waals surface area contributed by atoms with E-state index in [0.717, 1.165) is 5.56 Å². The van der Waals surface area contributed by atoms with Crippen molar-refractivity contribution in [3.05, 3.63) is 35.1 Å². The minimum absolute atomic E-state index is 0.142. The standard InChI is InChI=1S/C12H14FN3O/c1-12(2,11(15)17)16-6-7-3-4-8(13)5-9(7)10(16)14/h3-5,14H,6H2,1-2H3,(H2,15,17). The molecule has 0 spiro atoms. The zero-order chi connectivity index (χ0) is 12.8. The predicted octanol–water partition coefficient (Wildman–Crippen LogP) is 1.23. The number of hydrogen-bond donors (Lipinski definition) is 2. The maximum Gasteiger partial charge on any atom is 0.242 e. The van der Waals surface area contributed by atoms with E-state index in [1.54, 1.807) is 24.8 Å². The van der Waals surface area contributed by atoms with Crippen LogP contribution in [0.1, 0.15) is 25.0 Å². The monoisotopic (exact) mass is 235 g/mol. The van der Waals surface area contributed by atoms with Crippen molar-refractivity contribution in [3.63, 3.8) is 0 Å². The molecule has 0 saturated carbocycles. The lowest BCUT2D eigenvalue weighted by molar-refractivity contribution is -0.126. The van der Waals surface area contributed by atoms with Crippen LogP contribution in [0.2, 0.25) is 0 Å². The molecule has 90 valence electrons. The van der Waals surface area contributed by atoms with E-state index in [2.05, 4.69) is 0 Å². The van der Waals surface area contributed by atoms with Gasteiger partial charge >= 0.3 is 0 Å². The van der Waals surface area contributed by atoms with E-state index >= 15 is 0 Å². The summed E-state index contributed by atoms with van der Waals surface area (Å²) in [5.74, 6) is -0.744. The Morgan fingerprint density at radius 3 is 2.76 bits per heavy atom. The summed E-state index contributed by atoms with van der Waals surface area (Å²) in [7, 11) is 0. The number of rotatable bonds is 2. The molecule has 0 aromatic heterocycles. The molecular weight excluding hydrogens is 221 g/mol. The second-order valence-corrected chi connectivity index (χ2v) is 4.66. The summed E-state index contributed by atoms with van der Waals surface area (Å²) in [6.07, 6.45) is 0. The number of hydrogen-bond acceptors (Lipinski definition) is 2. The van der Waals surface area contributed by atoms with Crippen LogP contribution in [0, 0.1) is 11.2 Å². The van der Waals surface area contributed by atoms with Gasteiger partial charge < -0.3 is 10.6 Å². The van der Waals surface area contributed by atoms with Gasteiger partial charge in [-0.1, -0.05) is 6.07 Å². The first-order valence-corrected chi connectivity index (χ1v) is 5.29. The molecule has 0 bridgehead atoms. The number of nitrogens with one attached hydrogen (secondary N) is 1. The summed E-state index contributed by atoms with van der Waals surface area (Å²) in [6, 6.07) is 4.30. The molecular formula is C12H14FN3O. The van der Waals surface area contributed by atoms with Crippen LogP contribution in [0.25, 0.3) is 0 Å². The molecule has 1 aromatic carbocycles. The number of benzene rings is 1. The minimum atomic E-state index is -0.952. The van der Waals surface area contributed by atoms with Gasteiger partial charge in [-0.2, -0.15) is 0 Å². The summed E-state index contributed by atoms with van der Waals surface area (Å²) < 4.78 is 13.1. The molecule has 1 aliphatic rings. The summed E-state index contributed by atoms with van der Waals surface area (Å²) in [4.78, 5) is 13.0. The normalized spacial score (nSPS) is 15.0. The average Bonchev–Trinajstić information content (AvgIpc) is 2.56. The second kappa shape index (κ2) is 3.55. The smallest absolute Gasteiger partial charge is 0.242 e. The van der Waals surface area contributed by atoms with Crippen LogP contribution in [0.15, 0.2) is 18.2 Å². The van der Waals surface area contributed by atoms with Crippen molar-refractivity contribution < 1.29 is 9.18 Å². The van der Waals surface area contributed by atoms with E-state index in [0.29, 0.717) is 12.1 Å². The zero-order valence-corrected chi connectivity index (χ0v) is 9.75. The fourth-order valence-corrected chi connectivity index (χ4v) is 1.91. The molecule has 2 rings (SSSR count). The van der Waals surface area contributed by atoms with Crippen molar-refractivity contribution in [1.29, 1.82) is 5.41 Å². The number of carbonyl (C=O) groups is 1. The van der Waals surface area contributed by atoms with E-state index in [1.165, 1.54) is 12.1 Å². The Bertz CT molecular complexity index is 510. The Hall–Kier alpha value is -1.91. The quantitative estimate of drug-likeness (QED) is 0.809. The highest BCUT2D eigenvalue weighted by Crippen LogP contribution is 2.29. The average molecular weight is 235 g/mol. The third-order valence-electron chi connectivity index (χ3n) is 3.20. The maximum absolute atomic E-state index is 13.1. The number of nitrogens with zero attached hydrogens (tertiary/aromatic N) is 1. The van der Waals surface area contributed by atoms with Crippen LogP contribution >= 0.6 is 0 Å². The molecule has 0 aliphatic carbocycles. The first kappa shape index (κ1) is 11.6. The minimum Gasteiger partial charge on any atom is -0.368 e. The topological polar surface area (TPSA) is 70.2 Å². The van der Waals surface area contributed by atoms with E-state index < -0.39 is 11.4 Å². The lowest BCUT2D eigenvalue weighted by Crippen LogP contribution is -2.53. The number of carbonyl (C=O) groups excluding carboxylic acids is 1. The highest BCUT2D eigenvalue weighted by Gasteiger charge is 2.39. The summed E-state index contributed by atoms with van der Waals surface area (Å²) in [5, 5.41) is 7.98. The molecule has 3 N–H and O–H groups in total. The van der Waals surface area contributed by atoms with Gasteiger partial charge in [0.2, 0.25) is 5.91 Å². The van der Waals surface area contributed by atoms with Gasteiger partial charge in [-0.15, -0.1) is 0 Å². The van der Waals surface area contributed by atoms with Crippen LogP contribution in [-0.2, 0) is 11.3 Å². The maximum atomic E-state index is 13.1. The van der Waals surface area contributed by atoms with Gasteiger partial charge in [0.25, 0.3) is 0 Å². The molecule has 0 radical (unpaired) electrons. The lowest BCUT2D eigenvalue weighted by Gasteiger charge is -2.33. The molecule has 17 heavy (non-hydrogen) atoms. The third-order valence-corrected chi connectivity index (χ3v) is 3.20. The van der Waals surface area contributed by atoms with Gasteiger partial charge in [-0.05, 0) is 31.5 Å². The zero-order valence-electron chi connectivity index (χ0n) is 9.75. The Balaban J connectivity index is 2.41. The van der Waals surface area contributed by atoms with Gasteiger partial charge in [0, 0.05) is 12.1 Å². The van der Waals surface area contributed by atoms with Crippen LogP contribution in [0.3, 0.4) is 0 Å². The SMILES string of the molecule is CC(C)(C(N)=O)N1Cc2ccc(F)cc2C1=N. The van der Waals surface area contributed by atoms with Crippen molar-refractivity contribution >= 4 is 11.7 Å². The fourth-order valence-electron chi connectivity index (χ4n) is 1.91. The molecule has 0 fully saturated rings. The van der Waals surface area contributed by atoms with E-state index in [9.17, 15) is 9.18 Å². The van der Waals surface area contributed by atoms with E-state index in [-0.39, 0.29) is 11.7 Å². The molecule has 1 amide bonds. The Morgan fingerprint density at radius 1 is 1.53 bits per heavy atom. The lowest BCUT2D eigenvalue weighted by atomic mass is 10.0. The summed E-state index contributed by atoms with van der Waals surface area (Å²) in [5.41, 5.74) is 5.74. The highest BCUT2D eigenvalue weighted by atomic mass is 19.1. The Labute approximate surface area is 98.7 Å². The molecule has 0 unspecified atom stereocenters. The van der Waals surface area contributed by atoms with Crippen LogP contribution in [-0.4, -0.2) is 22.2 Å². The van der Waals surface area contributed by atoms with Crippen LogP contribution < -0.4 is 5.73 Å². The van der Waals surface area contributed by atoms with Crippen molar-refractivity contribution in [3.8, 4) is 0 Å². The molecule has 0 atom stereocenters. The van der Waals surface area contributed by atoms with Crippen molar-refractivity contribution in [2.45, 2.75) is 25.9 Å². The van der Waals surface area contributed by atoms with Crippen molar-refractivity contribution in [2.24, 2.45) is 5.73 Å². The van der Waals surface area contributed by atoms with Crippen molar-refractivity contribution in [2.75, 3.05) is 0 Å². The third kappa shape index (κ3) is 1.67. The summed E-state index contributed by atoms with van der Waals surface area (Å²) >= 11 is 0. The van der Waals surface area contributed by atoms with Crippen molar-refractivity contribution in [1.82, 2.24) is 4.90 Å². The number of fused-ring (bicyclic) bond motifs is 1. The second-order valence-electron chi connectivity index (χ2n) is 4.66. The predicted molar refractivity (Wildman–Crippen MR) is 62.0 cm³/mol. The fraction of sp³-hybridized carbons (Fsp3) is 0.333. The number of amidine groups is 1. The molecule has 1 aliphatic heterocycles. The molecule has 5 heteroatoms. The van der Waals surface area contributed by atoms with Crippen LogP contribution in [0.4, 0.5) is 4.39 Å². The molecule has 0 saturated heterocycles. The Morgan fingerprint density at radius 2 is 2.18 bits per heavy atom. The largest absolute Gasteiger partial charge is 0.368 e. The number of primary amides is 1. The van der Waals surface area contributed by atoms with Gasteiger partial charge in [0.05, 0.1) is 0 Å². The molecule has 1 heterocycles. The highest BCUT2D eigenvalue weighted by molar-refractivity contribution is 6.03. The number of amides is 1. The van der Waals surface area contributed by atoms with Gasteiger partial charge in [-0.3, -0.25) is 10.2 Å². The first-order chi connectivity index (χ1) is 7.84. The molecule has 1 aromatic rings. The van der Waals surface area contributed by atoms with Gasteiger partial charge in [0.15, 0.2) is 0 Å².